The predicted molar refractivity (Wildman–Crippen MR) is 152 cm³/mol. The quantitative estimate of drug-likeness (QED) is 0.306. The van der Waals surface area contributed by atoms with Crippen molar-refractivity contribution in [3.63, 3.8) is 0 Å². The Labute approximate surface area is 255 Å². The fourth-order valence-corrected chi connectivity index (χ4v) is 6.14. The standard InChI is InChI=1S/C30H28N2O6.C2HF3O2/c1-3-32-27(33)24-25(28(32)34)30(29(35)36-2,16-18-7-5-4-6-8-18)31-26(24)20-11-9-19(10-12-20)21-13-14-22-23(15-21)38-17-37-22;3-2(4,5)1(6)7/h4-15,24-26,31H,3,16-17H2,1-2H3;(H,6,7)/t24-,25-,26-,30-;/m1./s1. The van der Waals surface area contributed by atoms with Crippen LogP contribution in [0.5, 0.6) is 11.5 Å². The fourth-order valence-electron chi connectivity index (χ4n) is 6.14. The molecule has 0 bridgehead atoms. The lowest BCUT2D eigenvalue weighted by molar-refractivity contribution is -0.192. The fraction of sp³-hybridized carbons (Fsp3) is 0.312. The number of carboxylic acids is 1. The highest BCUT2D eigenvalue weighted by molar-refractivity contribution is 6.09. The van der Waals surface area contributed by atoms with Gasteiger partial charge in [-0.3, -0.25) is 24.6 Å². The first kappa shape index (κ1) is 31.5. The molecule has 3 heterocycles. The molecular formula is C32H29F3N2O8. The Morgan fingerprint density at radius 3 is 2.20 bits per heavy atom. The number of carboxylic acid groups (broad SMARTS) is 1. The minimum absolute atomic E-state index is 0.208. The van der Waals surface area contributed by atoms with E-state index in [4.69, 9.17) is 24.1 Å². The van der Waals surface area contributed by atoms with Gasteiger partial charge in [0, 0.05) is 19.0 Å². The molecule has 3 aromatic carbocycles. The number of esters is 1. The van der Waals surface area contributed by atoms with Crippen LogP contribution >= 0.6 is 0 Å². The van der Waals surface area contributed by atoms with Crippen LogP contribution in [-0.2, 0) is 30.3 Å². The number of hydrogen-bond acceptors (Lipinski definition) is 8. The van der Waals surface area contributed by atoms with Crippen LogP contribution in [0.1, 0.15) is 24.1 Å². The Balaban J connectivity index is 0.000000515. The molecule has 2 saturated heterocycles. The Kier molecular flexibility index (Phi) is 8.57. The topological polar surface area (TPSA) is 131 Å². The minimum Gasteiger partial charge on any atom is -0.475 e. The van der Waals surface area contributed by atoms with Crippen LogP contribution in [0.4, 0.5) is 13.2 Å². The number of carbonyl (C=O) groups is 4. The number of likely N-dealkylation sites (tertiary alicyclic amines) is 1. The molecule has 3 aliphatic rings. The summed E-state index contributed by atoms with van der Waals surface area (Å²) in [6, 6.07) is 22.6. The number of ether oxygens (including phenoxy) is 3. The zero-order valence-corrected chi connectivity index (χ0v) is 24.2. The highest BCUT2D eigenvalue weighted by Crippen LogP contribution is 2.50. The number of nitrogens with one attached hydrogen (secondary N) is 1. The van der Waals surface area contributed by atoms with Gasteiger partial charge < -0.3 is 19.3 Å². The van der Waals surface area contributed by atoms with Crippen LogP contribution in [0.3, 0.4) is 0 Å². The summed E-state index contributed by atoms with van der Waals surface area (Å²) in [4.78, 5) is 50.8. The number of aliphatic carboxylic acids is 1. The van der Waals surface area contributed by atoms with Crippen molar-refractivity contribution in [2.24, 2.45) is 11.8 Å². The monoisotopic (exact) mass is 626 g/mol. The molecule has 4 atom stereocenters. The summed E-state index contributed by atoms with van der Waals surface area (Å²) in [6.07, 6.45) is -4.86. The molecule has 2 amide bonds. The van der Waals surface area contributed by atoms with Crippen LogP contribution < -0.4 is 14.8 Å². The maximum atomic E-state index is 13.6. The second-order valence-electron chi connectivity index (χ2n) is 10.7. The Morgan fingerprint density at radius 2 is 1.60 bits per heavy atom. The first-order valence-electron chi connectivity index (χ1n) is 14.0. The molecule has 0 aromatic heterocycles. The number of nitrogens with zero attached hydrogens (tertiary/aromatic N) is 1. The summed E-state index contributed by atoms with van der Waals surface area (Å²) in [5, 5.41) is 10.6. The highest BCUT2D eigenvalue weighted by Gasteiger charge is 2.68. The van der Waals surface area contributed by atoms with Gasteiger partial charge in [-0.25, -0.2) is 4.79 Å². The van der Waals surface area contributed by atoms with Crippen LogP contribution in [0, 0.1) is 11.8 Å². The number of rotatable bonds is 6. The van der Waals surface area contributed by atoms with E-state index in [9.17, 15) is 27.6 Å². The van der Waals surface area contributed by atoms with E-state index < -0.39 is 41.5 Å². The van der Waals surface area contributed by atoms with E-state index in [0.29, 0.717) is 11.5 Å². The van der Waals surface area contributed by atoms with Crippen molar-refractivity contribution >= 4 is 23.8 Å². The number of fused-ring (bicyclic) bond motifs is 2. The summed E-state index contributed by atoms with van der Waals surface area (Å²) >= 11 is 0. The lowest BCUT2D eigenvalue weighted by atomic mass is 9.76. The normalized spacial score (nSPS) is 23.3. The molecule has 3 aromatic rings. The molecule has 2 N–H and O–H groups in total. The first-order valence-corrected chi connectivity index (χ1v) is 14.0. The third kappa shape index (κ3) is 5.82. The molecule has 236 valence electrons. The molecule has 0 unspecified atom stereocenters. The second kappa shape index (κ2) is 12.2. The first-order chi connectivity index (χ1) is 21.4. The van der Waals surface area contributed by atoms with Gasteiger partial charge in [-0.1, -0.05) is 60.7 Å². The van der Waals surface area contributed by atoms with Gasteiger partial charge in [-0.2, -0.15) is 13.2 Å². The van der Waals surface area contributed by atoms with Crippen molar-refractivity contribution in [2.75, 3.05) is 20.4 Å². The van der Waals surface area contributed by atoms with Crippen LogP contribution in [0.15, 0.2) is 72.8 Å². The Bertz CT molecular complexity index is 1610. The van der Waals surface area contributed by atoms with Gasteiger partial charge in [-0.15, -0.1) is 0 Å². The number of hydrogen-bond donors (Lipinski definition) is 2. The van der Waals surface area contributed by atoms with E-state index in [2.05, 4.69) is 5.32 Å². The Hall–Kier alpha value is -4.91. The van der Waals surface area contributed by atoms with Gasteiger partial charge in [-0.05, 0) is 41.3 Å². The average molecular weight is 627 g/mol. The molecule has 13 heteroatoms. The molecular weight excluding hydrogens is 597 g/mol. The third-order valence-electron chi connectivity index (χ3n) is 8.16. The number of methoxy groups -OCH3 is 1. The van der Waals surface area contributed by atoms with Crippen molar-refractivity contribution in [1.82, 2.24) is 10.2 Å². The zero-order chi connectivity index (χ0) is 32.5. The van der Waals surface area contributed by atoms with E-state index in [0.717, 1.165) is 22.3 Å². The van der Waals surface area contributed by atoms with Gasteiger partial charge in [0.2, 0.25) is 18.6 Å². The number of imide groups is 1. The van der Waals surface area contributed by atoms with E-state index in [1.54, 1.807) is 6.92 Å². The molecule has 3 aliphatic heterocycles. The maximum Gasteiger partial charge on any atom is 0.490 e. The van der Waals surface area contributed by atoms with Crippen LogP contribution in [0.25, 0.3) is 11.1 Å². The number of halogens is 3. The van der Waals surface area contributed by atoms with E-state index in [1.807, 2.05) is 72.8 Å². The second-order valence-corrected chi connectivity index (χ2v) is 10.7. The van der Waals surface area contributed by atoms with Crippen LogP contribution in [0.2, 0.25) is 0 Å². The Morgan fingerprint density at radius 1 is 0.978 bits per heavy atom. The van der Waals surface area contributed by atoms with E-state index >= 15 is 0 Å². The van der Waals surface area contributed by atoms with Gasteiger partial charge >= 0.3 is 18.1 Å². The molecule has 0 saturated carbocycles. The highest BCUT2D eigenvalue weighted by atomic mass is 19.4. The SMILES string of the molecule is CCN1C(=O)[C@H]2[C@@H](c3ccc(-c4ccc5c(c4)OCO5)cc3)N[C@@](Cc3ccccc3)(C(=O)OC)[C@H]2C1=O.O=C(O)C(F)(F)F. The summed E-state index contributed by atoms with van der Waals surface area (Å²) < 4.78 is 47.9. The van der Waals surface area contributed by atoms with Gasteiger partial charge in [0.1, 0.15) is 5.54 Å². The van der Waals surface area contributed by atoms with Gasteiger partial charge in [0.05, 0.1) is 18.9 Å². The zero-order valence-electron chi connectivity index (χ0n) is 24.2. The average Bonchev–Trinajstić information content (AvgIpc) is 3.70. The van der Waals surface area contributed by atoms with Crippen LogP contribution in [-0.4, -0.2) is 65.9 Å². The lowest BCUT2D eigenvalue weighted by Crippen LogP contribution is -2.57. The molecule has 10 nitrogen and oxygen atoms in total. The number of alkyl halides is 3. The number of benzene rings is 3. The molecule has 0 aliphatic carbocycles. The third-order valence-corrected chi connectivity index (χ3v) is 8.16. The van der Waals surface area contributed by atoms with Crippen molar-refractivity contribution < 1.29 is 51.7 Å². The predicted octanol–water partition coefficient (Wildman–Crippen LogP) is 4.14. The van der Waals surface area contributed by atoms with E-state index in [1.165, 1.54) is 12.0 Å². The maximum absolute atomic E-state index is 13.6. The largest absolute Gasteiger partial charge is 0.490 e. The van der Waals surface area contributed by atoms with Gasteiger partial charge in [0.15, 0.2) is 11.5 Å². The van der Waals surface area contributed by atoms with E-state index in [-0.39, 0.29) is 31.6 Å². The summed E-state index contributed by atoms with van der Waals surface area (Å²) in [6.45, 7) is 2.24. The molecule has 2 fully saturated rings. The lowest BCUT2D eigenvalue weighted by Gasteiger charge is -2.32. The molecule has 0 radical (unpaired) electrons. The number of carbonyl (C=O) groups excluding carboxylic acids is 3. The smallest absolute Gasteiger partial charge is 0.475 e. The molecule has 45 heavy (non-hydrogen) atoms. The van der Waals surface area contributed by atoms with Crippen molar-refractivity contribution in [2.45, 2.75) is 31.1 Å². The summed E-state index contributed by atoms with van der Waals surface area (Å²) in [5.41, 5.74) is 2.25. The summed E-state index contributed by atoms with van der Waals surface area (Å²) in [5.74, 6) is -4.08. The van der Waals surface area contributed by atoms with Crippen molar-refractivity contribution in [1.29, 1.82) is 0 Å². The minimum atomic E-state index is -5.08. The molecule has 6 rings (SSSR count). The van der Waals surface area contributed by atoms with Gasteiger partial charge in [0.25, 0.3) is 0 Å². The van der Waals surface area contributed by atoms with Crippen molar-refractivity contribution in [3.05, 3.63) is 83.9 Å². The van der Waals surface area contributed by atoms with Crippen molar-refractivity contribution in [3.8, 4) is 22.6 Å². The number of amides is 2. The summed E-state index contributed by atoms with van der Waals surface area (Å²) in [7, 11) is 1.32. The molecule has 0 spiro atoms.